The van der Waals surface area contributed by atoms with E-state index in [0.29, 0.717) is 6.42 Å². The van der Waals surface area contributed by atoms with Crippen LogP contribution in [0.3, 0.4) is 0 Å². The number of methoxy groups -OCH3 is 1. The molecule has 0 bridgehead atoms. The Morgan fingerprint density at radius 2 is 2.11 bits per heavy atom. The lowest BCUT2D eigenvalue weighted by atomic mass is 10.2. The topological polar surface area (TPSA) is 58.8 Å². The fraction of sp³-hybridized carbons (Fsp3) is 0.667. The molecule has 0 aliphatic carbocycles. The standard InChI is InChI=1S/C12H19N3O3/c1-17-12(16)2-3-14-4-6-15(7-5-14)9-11-8-13-18-10-11/h8,10H,2-7,9H2,1H3. The average Bonchev–Trinajstić information content (AvgIpc) is 2.90. The number of aromatic nitrogens is 1. The van der Waals surface area contributed by atoms with Crippen molar-refractivity contribution in [3.05, 3.63) is 18.0 Å². The maximum Gasteiger partial charge on any atom is 0.306 e. The summed E-state index contributed by atoms with van der Waals surface area (Å²) in [5, 5.41) is 3.70. The maximum atomic E-state index is 11.1. The smallest absolute Gasteiger partial charge is 0.306 e. The summed E-state index contributed by atoms with van der Waals surface area (Å²) in [5.41, 5.74) is 1.11. The summed E-state index contributed by atoms with van der Waals surface area (Å²) < 4.78 is 9.46. The van der Waals surface area contributed by atoms with E-state index in [1.54, 1.807) is 12.5 Å². The van der Waals surface area contributed by atoms with Crippen LogP contribution in [-0.4, -0.2) is 60.8 Å². The van der Waals surface area contributed by atoms with Crippen LogP contribution in [0.5, 0.6) is 0 Å². The first-order valence-corrected chi connectivity index (χ1v) is 6.17. The molecule has 6 heteroatoms. The molecule has 1 fully saturated rings. The van der Waals surface area contributed by atoms with Crippen molar-refractivity contribution < 1.29 is 14.1 Å². The van der Waals surface area contributed by atoms with Crippen molar-refractivity contribution in [3.63, 3.8) is 0 Å². The Morgan fingerprint density at radius 3 is 2.72 bits per heavy atom. The minimum atomic E-state index is -0.137. The summed E-state index contributed by atoms with van der Waals surface area (Å²) in [5.74, 6) is -0.137. The summed E-state index contributed by atoms with van der Waals surface area (Å²) in [7, 11) is 1.43. The Morgan fingerprint density at radius 1 is 1.39 bits per heavy atom. The molecular weight excluding hydrogens is 234 g/mol. The van der Waals surface area contributed by atoms with Crippen LogP contribution in [0.25, 0.3) is 0 Å². The van der Waals surface area contributed by atoms with Crippen molar-refractivity contribution in [2.75, 3.05) is 39.8 Å². The van der Waals surface area contributed by atoms with Gasteiger partial charge in [-0.25, -0.2) is 0 Å². The SMILES string of the molecule is COC(=O)CCN1CCN(Cc2cnoc2)CC1. The van der Waals surface area contributed by atoms with E-state index < -0.39 is 0 Å². The maximum absolute atomic E-state index is 11.1. The second-order valence-corrected chi connectivity index (χ2v) is 4.48. The molecule has 0 radical (unpaired) electrons. The van der Waals surface area contributed by atoms with E-state index in [1.165, 1.54) is 7.11 Å². The molecule has 2 heterocycles. The van der Waals surface area contributed by atoms with Gasteiger partial charge in [-0.15, -0.1) is 0 Å². The first-order valence-electron chi connectivity index (χ1n) is 6.17. The zero-order valence-electron chi connectivity index (χ0n) is 10.7. The van der Waals surface area contributed by atoms with Crippen molar-refractivity contribution in [1.82, 2.24) is 15.0 Å². The molecule has 0 saturated carbocycles. The van der Waals surface area contributed by atoms with Gasteiger partial charge in [0.25, 0.3) is 0 Å². The highest BCUT2D eigenvalue weighted by atomic mass is 16.5. The third-order valence-corrected chi connectivity index (χ3v) is 3.21. The molecule has 1 aliphatic heterocycles. The first kappa shape index (κ1) is 13.0. The van der Waals surface area contributed by atoms with Crippen LogP contribution >= 0.6 is 0 Å². The van der Waals surface area contributed by atoms with Gasteiger partial charge in [-0.1, -0.05) is 5.16 Å². The lowest BCUT2D eigenvalue weighted by Gasteiger charge is -2.34. The Kier molecular flexibility index (Phi) is 4.72. The summed E-state index contributed by atoms with van der Waals surface area (Å²) in [6, 6.07) is 0. The number of nitrogens with zero attached hydrogens (tertiary/aromatic N) is 3. The molecule has 2 rings (SSSR count). The van der Waals surface area contributed by atoms with E-state index in [2.05, 4.69) is 19.7 Å². The molecule has 0 aromatic carbocycles. The highest BCUT2D eigenvalue weighted by molar-refractivity contribution is 5.69. The van der Waals surface area contributed by atoms with E-state index in [-0.39, 0.29) is 5.97 Å². The molecule has 0 N–H and O–H groups in total. The predicted molar refractivity (Wildman–Crippen MR) is 64.9 cm³/mol. The largest absolute Gasteiger partial charge is 0.469 e. The highest BCUT2D eigenvalue weighted by Gasteiger charge is 2.17. The minimum Gasteiger partial charge on any atom is -0.469 e. The summed E-state index contributed by atoms with van der Waals surface area (Å²) in [4.78, 5) is 15.7. The molecule has 1 saturated heterocycles. The average molecular weight is 253 g/mol. The van der Waals surface area contributed by atoms with E-state index in [4.69, 9.17) is 4.52 Å². The van der Waals surface area contributed by atoms with Crippen LogP contribution in [-0.2, 0) is 16.1 Å². The molecule has 6 nitrogen and oxygen atoms in total. The number of piperazine rings is 1. The van der Waals surface area contributed by atoms with Gasteiger partial charge >= 0.3 is 5.97 Å². The molecule has 0 amide bonds. The third-order valence-electron chi connectivity index (χ3n) is 3.21. The summed E-state index contributed by atoms with van der Waals surface area (Å²) in [6.07, 6.45) is 3.91. The van der Waals surface area contributed by atoms with Crippen LogP contribution in [0.1, 0.15) is 12.0 Å². The quantitative estimate of drug-likeness (QED) is 0.706. The lowest BCUT2D eigenvalue weighted by Crippen LogP contribution is -2.46. The van der Waals surface area contributed by atoms with Crippen LogP contribution in [0, 0.1) is 0 Å². The Hall–Kier alpha value is -1.40. The molecule has 1 aliphatic rings. The number of carbonyl (C=O) groups excluding carboxylic acids is 1. The number of hydrogen-bond donors (Lipinski definition) is 0. The monoisotopic (exact) mass is 253 g/mol. The lowest BCUT2D eigenvalue weighted by molar-refractivity contribution is -0.141. The predicted octanol–water partition coefficient (Wildman–Crippen LogP) is 0.355. The van der Waals surface area contributed by atoms with Crippen LogP contribution in [0.15, 0.2) is 17.0 Å². The van der Waals surface area contributed by atoms with Crippen LogP contribution in [0.4, 0.5) is 0 Å². The van der Waals surface area contributed by atoms with E-state index in [9.17, 15) is 4.79 Å². The Labute approximate surface area is 106 Å². The van der Waals surface area contributed by atoms with Crippen molar-refractivity contribution in [3.8, 4) is 0 Å². The molecule has 1 aromatic rings. The van der Waals surface area contributed by atoms with Gasteiger partial charge in [-0.2, -0.15) is 0 Å². The van der Waals surface area contributed by atoms with Gasteiger partial charge in [0.1, 0.15) is 6.26 Å². The fourth-order valence-corrected chi connectivity index (χ4v) is 2.09. The molecular formula is C12H19N3O3. The normalized spacial score (nSPS) is 17.8. The van der Waals surface area contributed by atoms with E-state index in [0.717, 1.165) is 44.8 Å². The zero-order chi connectivity index (χ0) is 12.8. The summed E-state index contributed by atoms with van der Waals surface area (Å²) >= 11 is 0. The van der Waals surface area contributed by atoms with Crippen LogP contribution in [0.2, 0.25) is 0 Å². The Balaban J connectivity index is 1.66. The number of esters is 1. The molecule has 0 spiro atoms. The van der Waals surface area contributed by atoms with Crippen molar-refractivity contribution >= 4 is 5.97 Å². The van der Waals surface area contributed by atoms with Gasteiger partial charge in [-0.3, -0.25) is 9.69 Å². The first-order chi connectivity index (χ1) is 8.78. The number of carbonyl (C=O) groups is 1. The second kappa shape index (κ2) is 6.51. The van der Waals surface area contributed by atoms with Crippen molar-refractivity contribution in [1.29, 1.82) is 0 Å². The van der Waals surface area contributed by atoms with E-state index in [1.807, 2.05) is 0 Å². The Bertz CT molecular complexity index is 359. The van der Waals surface area contributed by atoms with Crippen molar-refractivity contribution in [2.45, 2.75) is 13.0 Å². The third kappa shape index (κ3) is 3.82. The highest BCUT2D eigenvalue weighted by Crippen LogP contribution is 2.08. The second-order valence-electron chi connectivity index (χ2n) is 4.48. The number of hydrogen-bond acceptors (Lipinski definition) is 6. The minimum absolute atomic E-state index is 0.137. The molecule has 0 unspecified atom stereocenters. The number of ether oxygens (including phenoxy) is 1. The van der Waals surface area contributed by atoms with E-state index >= 15 is 0 Å². The van der Waals surface area contributed by atoms with Gasteiger partial charge < -0.3 is 14.2 Å². The van der Waals surface area contributed by atoms with Gasteiger partial charge in [0.15, 0.2) is 0 Å². The molecule has 18 heavy (non-hydrogen) atoms. The molecule has 100 valence electrons. The zero-order valence-corrected chi connectivity index (χ0v) is 10.7. The van der Waals surface area contributed by atoms with Crippen molar-refractivity contribution in [2.24, 2.45) is 0 Å². The summed E-state index contributed by atoms with van der Waals surface area (Å²) in [6.45, 7) is 5.66. The van der Waals surface area contributed by atoms with Gasteiger partial charge in [0, 0.05) is 44.8 Å². The number of rotatable bonds is 5. The van der Waals surface area contributed by atoms with Gasteiger partial charge in [0.2, 0.25) is 0 Å². The van der Waals surface area contributed by atoms with Crippen LogP contribution < -0.4 is 0 Å². The molecule has 0 atom stereocenters. The van der Waals surface area contributed by atoms with Gasteiger partial charge in [-0.05, 0) is 0 Å². The molecule has 1 aromatic heterocycles. The fourth-order valence-electron chi connectivity index (χ4n) is 2.09. The van der Waals surface area contributed by atoms with Gasteiger partial charge in [0.05, 0.1) is 19.7 Å².